The van der Waals surface area contributed by atoms with Crippen molar-refractivity contribution >= 4 is 18.0 Å². The van der Waals surface area contributed by atoms with E-state index in [0.29, 0.717) is 19.3 Å². The van der Waals surface area contributed by atoms with Gasteiger partial charge in [0.05, 0.1) is 5.92 Å². The normalized spacial score (nSPS) is 25.1. The molecule has 7 heteroatoms. The summed E-state index contributed by atoms with van der Waals surface area (Å²) >= 11 is 0. The fourth-order valence-corrected chi connectivity index (χ4v) is 5.68. The zero-order chi connectivity index (χ0) is 23.7. The van der Waals surface area contributed by atoms with Crippen molar-refractivity contribution in [1.82, 2.24) is 10.6 Å². The number of nitrogens with one attached hydrogen (secondary N) is 2. The van der Waals surface area contributed by atoms with Gasteiger partial charge in [0.1, 0.15) is 6.61 Å². The van der Waals surface area contributed by atoms with Crippen molar-refractivity contribution in [1.29, 1.82) is 0 Å². The molecule has 3 aliphatic carbocycles. The van der Waals surface area contributed by atoms with Crippen LogP contribution in [0.25, 0.3) is 11.1 Å². The van der Waals surface area contributed by atoms with Crippen molar-refractivity contribution in [2.24, 2.45) is 11.8 Å². The summed E-state index contributed by atoms with van der Waals surface area (Å²) in [6, 6.07) is 16.5. The molecular weight excluding hydrogens is 432 g/mol. The lowest BCUT2D eigenvalue weighted by Crippen LogP contribution is -2.47. The molecule has 2 saturated carbocycles. The Labute approximate surface area is 198 Å². The molecule has 0 bridgehead atoms. The molecule has 7 nitrogen and oxygen atoms in total. The van der Waals surface area contributed by atoms with E-state index in [1.807, 2.05) is 24.3 Å². The summed E-state index contributed by atoms with van der Waals surface area (Å²) in [7, 11) is 0. The first-order chi connectivity index (χ1) is 16.5. The van der Waals surface area contributed by atoms with E-state index in [2.05, 4.69) is 34.9 Å². The van der Waals surface area contributed by atoms with E-state index in [0.717, 1.165) is 19.3 Å². The Morgan fingerprint density at radius 3 is 2.15 bits per heavy atom. The molecule has 0 aliphatic heterocycles. The fraction of sp³-hybridized carbons (Fsp3) is 0.444. The second-order valence-electron chi connectivity index (χ2n) is 9.82. The standard InChI is InChI=1S/C27H30N2O5/c30-25(28-19-13-17(14-19)26(31)32)12-16-9-10-18(11-16)29-27(33)34-15-24-22-7-3-1-5-20(22)21-6-2-4-8-23(21)24/h1-8,16-19,24H,9-15H2,(H,28,30)(H,29,33)(H,31,32)/t16-,17?,18+,19?/m1/s1. The molecule has 5 rings (SSSR count). The molecule has 2 atom stereocenters. The van der Waals surface area contributed by atoms with Gasteiger partial charge in [-0.3, -0.25) is 9.59 Å². The van der Waals surface area contributed by atoms with Crippen LogP contribution in [0.5, 0.6) is 0 Å². The molecule has 2 aromatic rings. The van der Waals surface area contributed by atoms with Crippen molar-refractivity contribution in [3.63, 3.8) is 0 Å². The van der Waals surface area contributed by atoms with Crippen LogP contribution in [0.2, 0.25) is 0 Å². The second kappa shape index (κ2) is 9.49. The molecule has 0 unspecified atom stereocenters. The van der Waals surface area contributed by atoms with Gasteiger partial charge in [-0.15, -0.1) is 0 Å². The predicted molar refractivity (Wildman–Crippen MR) is 126 cm³/mol. The summed E-state index contributed by atoms with van der Waals surface area (Å²) in [5.74, 6) is -0.897. The van der Waals surface area contributed by atoms with E-state index in [1.165, 1.54) is 22.3 Å². The minimum absolute atomic E-state index is 0.00791. The second-order valence-corrected chi connectivity index (χ2v) is 9.82. The van der Waals surface area contributed by atoms with Crippen LogP contribution < -0.4 is 10.6 Å². The molecule has 34 heavy (non-hydrogen) atoms. The zero-order valence-electron chi connectivity index (χ0n) is 19.0. The maximum absolute atomic E-state index is 12.5. The van der Waals surface area contributed by atoms with Crippen LogP contribution in [0.3, 0.4) is 0 Å². The van der Waals surface area contributed by atoms with E-state index >= 15 is 0 Å². The highest BCUT2D eigenvalue weighted by Gasteiger charge is 2.36. The van der Waals surface area contributed by atoms with Crippen molar-refractivity contribution in [3.05, 3.63) is 59.7 Å². The number of alkyl carbamates (subject to hydrolysis) is 1. The van der Waals surface area contributed by atoms with Crippen LogP contribution in [0.15, 0.2) is 48.5 Å². The monoisotopic (exact) mass is 462 g/mol. The highest BCUT2D eigenvalue weighted by atomic mass is 16.5. The predicted octanol–water partition coefficient (Wildman–Crippen LogP) is 4.06. The SMILES string of the molecule is O=C(C[C@@H]1CC[C@H](NC(=O)OCC2c3ccccc3-c3ccccc32)C1)NC1CC(C(=O)O)C1. The Kier molecular flexibility index (Phi) is 6.26. The van der Waals surface area contributed by atoms with Crippen LogP contribution in [0.1, 0.15) is 55.6 Å². The van der Waals surface area contributed by atoms with E-state index < -0.39 is 12.1 Å². The third-order valence-corrected chi connectivity index (χ3v) is 7.53. The van der Waals surface area contributed by atoms with Crippen LogP contribution in [-0.2, 0) is 14.3 Å². The van der Waals surface area contributed by atoms with E-state index in [-0.39, 0.29) is 42.4 Å². The molecule has 0 spiro atoms. The summed E-state index contributed by atoms with van der Waals surface area (Å²) in [5, 5.41) is 14.9. The third-order valence-electron chi connectivity index (χ3n) is 7.53. The number of carboxylic acid groups (broad SMARTS) is 1. The molecule has 3 N–H and O–H groups in total. The lowest BCUT2D eigenvalue weighted by Gasteiger charge is -2.33. The minimum atomic E-state index is -0.788. The number of hydrogen-bond donors (Lipinski definition) is 3. The van der Waals surface area contributed by atoms with Gasteiger partial charge in [0.25, 0.3) is 0 Å². The molecule has 0 heterocycles. The van der Waals surface area contributed by atoms with Gasteiger partial charge in [0, 0.05) is 24.4 Å². The lowest BCUT2D eigenvalue weighted by atomic mass is 9.80. The van der Waals surface area contributed by atoms with E-state index in [4.69, 9.17) is 9.84 Å². The number of carbonyl (C=O) groups excluding carboxylic acids is 2. The number of carbonyl (C=O) groups is 3. The number of rotatable bonds is 7. The van der Waals surface area contributed by atoms with Crippen molar-refractivity contribution in [3.8, 4) is 11.1 Å². The number of fused-ring (bicyclic) bond motifs is 3. The number of hydrogen-bond acceptors (Lipinski definition) is 4. The first kappa shape index (κ1) is 22.4. The molecule has 2 aromatic carbocycles. The number of ether oxygens (including phenoxy) is 1. The first-order valence-corrected chi connectivity index (χ1v) is 12.1. The average Bonchev–Trinajstić information content (AvgIpc) is 3.36. The van der Waals surface area contributed by atoms with Crippen molar-refractivity contribution in [2.45, 2.75) is 56.5 Å². The van der Waals surface area contributed by atoms with E-state index in [9.17, 15) is 14.4 Å². The van der Waals surface area contributed by atoms with Gasteiger partial charge in [-0.2, -0.15) is 0 Å². The maximum atomic E-state index is 12.5. The molecule has 2 fully saturated rings. The summed E-state index contributed by atoms with van der Waals surface area (Å²) < 4.78 is 5.64. The van der Waals surface area contributed by atoms with Gasteiger partial charge in [-0.25, -0.2) is 4.79 Å². The topological polar surface area (TPSA) is 105 Å². The van der Waals surface area contributed by atoms with Gasteiger partial charge in [-0.05, 0) is 60.3 Å². The zero-order valence-corrected chi connectivity index (χ0v) is 19.0. The van der Waals surface area contributed by atoms with Gasteiger partial charge < -0.3 is 20.5 Å². The van der Waals surface area contributed by atoms with E-state index in [1.54, 1.807) is 0 Å². The Balaban J connectivity index is 1.07. The summed E-state index contributed by atoms with van der Waals surface area (Å²) in [5.41, 5.74) is 4.77. The summed E-state index contributed by atoms with van der Waals surface area (Å²) in [6.45, 7) is 0.289. The van der Waals surface area contributed by atoms with Gasteiger partial charge in [0.2, 0.25) is 5.91 Å². The summed E-state index contributed by atoms with van der Waals surface area (Å²) in [6.07, 6.45) is 3.48. The Bertz CT molecular complexity index is 1050. The third kappa shape index (κ3) is 4.65. The smallest absolute Gasteiger partial charge is 0.407 e. The number of benzene rings is 2. The van der Waals surface area contributed by atoms with Crippen LogP contribution in [0, 0.1) is 11.8 Å². The maximum Gasteiger partial charge on any atom is 0.407 e. The summed E-state index contributed by atoms with van der Waals surface area (Å²) in [4.78, 5) is 35.7. The van der Waals surface area contributed by atoms with Gasteiger partial charge >= 0.3 is 12.1 Å². The number of amides is 2. The molecule has 0 aromatic heterocycles. The molecule has 3 aliphatic rings. The highest BCUT2D eigenvalue weighted by molar-refractivity contribution is 5.79. The molecule has 0 saturated heterocycles. The van der Waals surface area contributed by atoms with Crippen molar-refractivity contribution in [2.75, 3.05) is 6.61 Å². The molecular formula is C27H30N2O5. The molecule has 178 valence electrons. The van der Waals surface area contributed by atoms with Gasteiger partial charge in [-0.1, -0.05) is 48.5 Å². The van der Waals surface area contributed by atoms with Crippen LogP contribution in [0.4, 0.5) is 4.79 Å². The molecule has 0 radical (unpaired) electrons. The molecule has 2 amide bonds. The number of aliphatic carboxylic acids is 1. The largest absolute Gasteiger partial charge is 0.481 e. The highest BCUT2D eigenvalue weighted by Crippen LogP contribution is 2.44. The Morgan fingerprint density at radius 1 is 0.853 bits per heavy atom. The lowest BCUT2D eigenvalue weighted by molar-refractivity contribution is -0.146. The van der Waals surface area contributed by atoms with Crippen LogP contribution in [-0.4, -0.2) is 41.8 Å². The quantitative estimate of drug-likeness (QED) is 0.576. The average molecular weight is 463 g/mol. The van der Waals surface area contributed by atoms with Crippen LogP contribution >= 0.6 is 0 Å². The first-order valence-electron chi connectivity index (χ1n) is 12.1. The van der Waals surface area contributed by atoms with Gasteiger partial charge in [0.15, 0.2) is 0 Å². The Hall–Kier alpha value is -3.35. The fourth-order valence-electron chi connectivity index (χ4n) is 5.68. The Morgan fingerprint density at radius 2 is 1.50 bits per heavy atom. The van der Waals surface area contributed by atoms with Crippen molar-refractivity contribution < 1.29 is 24.2 Å². The number of carboxylic acids is 1. The minimum Gasteiger partial charge on any atom is -0.481 e.